The molecule has 0 radical (unpaired) electrons. The summed E-state index contributed by atoms with van der Waals surface area (Å²) < 4.78 is 25.1. The van der Waals surface area contributed by atoms with E-state index in [4.69, 9.17) is 0 Å². The van der Waals surface area contributed by atoms with Crippen LogP contribution in [0.2, 0.25) is 0 Å². The van der Waals surface area contributed by atoms with Gasteiger partial charge < -0.3 is 5.32 Å². The lowest BCUT2D eigenvalue weighted by molar-refractivity contribution is 0.229. The molecule has 2 aliphatic heterocycles. The predicted octanol–water partition coefficient (Wildman–Crippen LogP) is 0.162. The van der Waals surface area contributed by atoms with Crippen LogP contribution in [0, 0.1) is 0 Å². The van der Waals surface area contributed by atoms with Crippen LogP contribution in [0.3, 0.4) is 0 Å². The molecule has 0 aromatic heterocycles. The molecule has 0 amide bonds. The molecule has 2 heterocycles. The summed E-state index contributed by atoms with van der Waals surface area (Å²) in [5, 5.41) is 3.34. The predicted molar refractivity (Wildman–Crippen MR) is 55.6 cm³/mol. The highest BCUT2D eigenvalue weighted by molar-refractivity contribution is 7.89. The van der Waals surface area contributed by atoms with E-state index in [9.17, 15) is 8.42 Å². The Balaban J connectivity index is 2.13. The van der Waals surface area contributed by atoms with Gasteiger partial charge in [-0.25, -0.2) is 8.42 Å². The molecular weight excluding hydrogens is 200 g/mol. The molecule has 2 aliphatic rings. The molecule has 0 bridgehead atoms. The first-order valence-electron chi connectivity index (χ1n) is 5.34. The second kappa shape index (κ2) is 3.79. The first-order valence-corrected chi connectivity index (χ1v) is 6.95. The van der Waals surface area contributed by atoms with E-state index in [0.29, 0.717) is 11.8 Å². The maximum Gasteiger partial charge on any atom is 0.214 e. The Bertz CT molecular complexity index is 302. The van der Waals surface area contributed by atoms with Crippen LogP contribution in [0.4, 0.5) is 0 Å². The smallest absolute Gasteiger partial charge is 0.214 e. The molecule has 0 aliphatic carbocycles. The standard InChI is InChI=1S/C9H18N2O2S/c1-8-9(4-2-5-10-8)11-6-3-7-14(11,12)13/h8-10H,2-7H2,1H3. The van der Waals surface area contributed by atoms with Crippen LogP contribution in [0.25, 0.3) is 0 Å². The number of piperidine rings is 1. The van der Waals surface area contributed by atoms with Crippen molar-refractivity contribution in [2.24, 2.45) is 0 Å². The monoisotopic (exact) mass is 218 g/mol. The van der Waals surface area contributed by atoms with Crippen LogP contribution in [-0.4, -0.2) is 43.6 Å². The van der Waals surface area contributed by atoms with Gasteiger partial charge in [-0.15, -0.1) is 0 Å². The van der Waals surface area contributed by atoms with Gasteiger partial charge in [-0.1, -0.05) is 0 Å². The van der Waals surface area contributed by atoms with Crippen molar-refractivity contribution in [3.8, 4) is 0 Å². The molecule has 2 unspecified atom stereocenters. The van der Waals surface area contributed by atoms with E-state index < -0.39 is 10.0 Å². The van der Waals surface area contributed by atoms with Crippen molar-refractivity contribution in [1.82, 2.24) is 9.62 Å². The molecule has 0 aromatic rings. The maximum atomic E-state index is 11.7. The first kappa shape index (κ1) is 10.4. The molecule has 1 N–H and O–H groups in total. The molecule has 0 saturated carbocycles. The minimum atomic E-state index is -2.93. The van der Waals surface area contributed by atoms with Gasteiger partial charge in [0.1, 0.15) is 0 Å². The van der Waals surface area contributed by atoms with Crippen molar-refractivity contribution in [3.05, 3.63) is 0 Å². The molecule has 2 fully saturated rings. The Morgan fingerprint density at radius 1 is 1.36 bits per heavy atom. The van der Waals surface area contributed by atoms with Crippen LogP contribution in [-0.2, 0) is 10.0 Å². The molecule has 2 atom stereocenters. The number of sulfonamides is 1. The van der Waals surface area contributed by atoms with E-state index in [1.807, 2.05) is 0 Å². The quantitative estimate of drug-likeness (QED) is 0.682. The fourth-order valence-electron chi connectivity index (χ4n) is 2.45. The SMILES string of the molecule is CC1NCCCC1N1CCCS1(=O)=O. The van der Waals surface area contributed by atoms with Gasteiger partial charge in [0.25, 0.3) is 0 Å². The summed E-state index contributed by atoms with van der Waals surface area (Å²) in [6, 6.07) is 0.493. The van der Waals surface area contributed by atoms with E-state index in [2.05, 4.69) is 12.2 Å². The number of rotatable bonds is 1. The largest absolute Gasteiger partial charge is 0.313 e. The van der Waals surface area contributed by atoms with Crippen LogP contribution in [0.15, 0.2) is 0 Å². The zero-order valence-corrected chi connectivity index (χ0v) is 9.39. The third-order valence-electron chi connectivity index (χ3n) is 3.23. The van der Waals surface area contributed by atoms with Gasteiger partial charge in [0.15, 0.2) is 0 Å². The van der Waals surface area contributed by atoms with E-state index in [0.717, 1.165) is 32.4 Å². The van der Waals surface area contributed by atoms with Crippen LogP contribution < -0.4 is 5.32 Å². The van der Waals surface area contributed by atoms with Gasteiger partial charge in [0.05, 0.1) is 5.75 Å². The maximum absolute atomic E-state index is 11.7. The van der Waals surface area contributed by atoms with E-state index >= 15 is 0 Å². The third kappa shape index (κ3) is 1.81. The number of nitrogens with zero attached hydrogens (tertiary/aromatic N) is 1. The second-order valence-electron chi connectivity index (χ2n) is 4.23. The fourth-order valence-corrected chi connectivity index (χ4v) is 4.29. The molecule has 2 rings (SSSR count). The molecule has 4 nitrogen and oxygen atoms in total. The second-order valence-corrected chi connectivity index (χ2v) is 6.27. The Morgan fingerprint density at radius 2 is 2.14 bits per heavy atom. The summed E-state index contributed by atoms with van der Waals surface area (Å²) in [5.74, 6) is 0.343. The normalized spacial score (nSPS) is 38.6. The van der Waals surface area contributed by atoms with Gasteiger partial charge in [-0.05, 0) is 32.7 Å². The highest BCUT2D eigenvalue weighted by Gasteiger charge is 2.37. The summed E-state index contributed by atoms with van der Waals surface area (Å²) in [4.78, 5) is 0. The Labute approximate surface area is 85.7 Å². The van der Waals surface area contributed by atoms with Gasteiger partial charge >= 0.3 is 0 Å². The highest BCUT2D eigenvalue weighted by atomic mass is 32.2. The van der Waals surface area contributed by atoms with Crippen molar-refractivity contribution in [2.45, 2.75) is 38.3 Å². The summed E-state index contributed by atoms with van der Waals surface area (Å²) in [6.45, 7) is 3.82. The molecule has 2 saturated heterocycles. The van der Waals surface area contributed by atoms with Crippen LogP contribution in [0.5, 0.6) is 0 Å². The third-order valence-corrected chi connectivity index (χ3v) is 5.20. The van der Waals surface area contributed by atoms with E-state index in [1.165, 1.54) is 0 Å². The van der Waals surface area contributed by atoms with E-state index in [-0.39, 0.29) is 6.04 Å². The zero-order valence-electron chi connectivity index (χ0n) is 8.57. The molecule has 0 spiro atoms. The van der Waals surface area contributed by atoms with Crippen LogP contribution >= 0.6 is 0 Å². The number of hydrogen-bond donors (Lipinski definition) is 1. The first-order chi connectivity index (χ1) is 6.61. The van der Waals surface area contributed by atoms with E-state index in [1.54, 1.807) is 4.31 Å². The molecule has 5 heteroatoms. The lowest BCUT2D eigenvalue weighted by atomic mass is 10.00. The lowest BCUT2D eigenvalue weighted by Crippen LogP contribution is -2.52. The van der Waals surface area contributed by atoms with Crippen molar-refractivity contribution >= 4 is 10.0 Å². The highest BCUT2D eigenvalue weighted by Crippen LogP contribution is 2.23. The minimum Gasteiger partial charge on any atom is -0.313 e. The number of hydrogen-bond acceptors (Lipinski definition) is 3. The summed E-state index contributed by atoms with van der Waals surface area (Å²) in [5.41, 5.74) is 0. The van der Waals surface area contributed by atoms with Gasteiger partial charge in [0, 0.05) is 18.6 Å². The fraction of sp³-hybridized carbons (Fsp3) is 1.00. The topological polar surface area (TPSA) is 49.4 Å². The summed E-state index contributed by atoms with van der Waals surface area (Å²) in [7, 11) is -2.93. The van der Waals surface area contributed by atoms with Crippen LogP contribution in [0.1, 0.15) is 26.2 Å². The Morgan fingerprint density at radius 3 is 2.71 bits per heavy atom. The van der Waals surface area contributed by atoms with Crippen molar-refractivity contribution in [1.29, 1.82) is 0 Å². The summed E-state index contributed by atoms with van der Waals surface area (Å²) in [6.07, 6.45) is 2.89. The molecule has 0 aromatic carbocycles. The molecule has 82 valence electrons. The van der Waals surface area contributed by atoms with Crippen molar-refractivity contribution in [2.75, 3.05) is 18.8 Å². The van der Waals surface area contributed by atoms with Gasteiger partial charge in [0.2, 0.25) is 10.0 Å². The molecule has 14 heavy (non-hydrogen) atoms. The van der Waals surface area contributed by atoms with Crippen molar-refractivity contribution < 1.29 is 8.42 Å². The lowest BCUT2D eigenvalue weighted by Gasteiger charge is -2.35. The van der Waals surface area contributed by atoms with Gasteiger partial charge in [-0.3, -0.25) is 0 Å². The summed E-state index contributed by atoms with van der Waals surface area (Å²) >= 11 is 0. The number of nitrogens with one attached hydrogen (secondary N) is 1. The zero-order chi connectivity index (χ0) is 10.2. The minimum absolute atomic E-state index is 0.191. The Kier molecular flexibility index (Phi) is 2.81. The molecular formula is C9H18N2O2S. The Hall–Kier alpha value is -0.130. The average Bonchev–Trinajstić information content (AvgIpc) is 2.46. The van der Waals surface area contributed by atoms with Crippen molar-refractivity contribution in [3.63, 3.8) is 0 Å². The van der Waals surface area contributed by atoms with Gasteiger partial charge in [-0.2, -0.15) is 4.31 Å². The average molecular weight is 218 g/mol.